The van der Waals surface area contributed by atoms with Crippen molar-refractivity contribution >= 4 is 33.1 Å². The van der Waals surface area contributed by atoms with Crippen molar-refractivity contribution in [2.45, 2.75) is 11.8 Å². The number of aromatic nitrogens is 1. The van der Waals surface area contributed by atoms with E-state index in [4.69, 9.17) is 4.74 Å². The molecule has 0 unspecified atom stereocenters. The van der Waals surface area contributed by atoms with E-state index in [1.54, 1.807) is 32.2 Å². The molecule has 7 heteroatoms. The van der Waals surface area contributed by atoms with Crippen LogP contribution in [-0.2, 0) is 14.6 Å². The number of amides is 1. The monoisotopic (exact) mass is 408 g/mol. The molecule has 0 saturated heterocycles. The van der Waals surface area contributed by atoms with Gasteiger partial charge in [-0.15, -0.1) is 0 Å². The first-order valence-corrected chi connectivity index (χ1v) is 10.9. The van der Waals surface area contributed by atoms with E-state index in [2.05, 4.69) is 10.3 Å². The summed E-state index contributed by atoms with van der Waals surface area (Å²) in [7, 11) is -1.92. The fourth-order valence-corrected chi connectivity index (χ4v) is 4.89. The third kappa shape index (κ3) is 3.34. The number of hydrogen-bond acceptors (Lipinski definition) is 4. The Balaban J connectivity index is 1.95. The number of fused-ring (bicyclic) bond motifs is 1. The van der Waals surface area contributed by atoms with Gasteiger partial charge in [0.25, 0.3) is 5.91 Å². The average Bonchev–Trinajstić information content (AvgIpc) is 3.18. The summed E-state index contributed by atoms with van der Waals surface area (Å²) in [5.41, 5.74) is 4.29. The molecule has 0 radical (unpaired) electrons. The summed E-state index contributed by atoms with van der Waals surface area (Å²) in [6, 6.07) is 14.6. The molecule has 148 valence electrons. The molecule has 6 nitrogen and oxygen atoms in total. The number of H-pyrrole nitrogens is 1. The first-order valence-electron chi connectivity index (χ1n) is 8.99. The molecule has 0 bridgehead atoms. The number of hydrogen-bond donors (Lipinski definition) is 2. The van der Waals surface area contributed by atoms with Crippen LogP contribution in [0.2, 0.25) is 0 Å². The van der Waals surface area contributed by atoms with Crippen molar-refractivity contribution in [3.8, 4) is 16.9 Å². The van der Waals surface area contributed by atoms with Gasteiger partial charge in [0.2, 0.25) is 0 Å². The number of benzene rings is 2. The minimum absolute atomic E-state index is 0.240. The Morgan fingerprint density at radius 2 is 1.79 bits per heavy atom. The zero-order valence-corrected chi connectivity index (χ0v) is 17.1. The van der Waals surface area contributed by atoms with Gasteiger partial charge in [-0.05, 0) is 30.7 Å². The molecule has 0 saturated carbocycles. The molecule has 3 aromatic rings. The van der Waals surface area contributed by atoms with E-state index in [9.17, 15) is 13.2 Å². The van der Waals surface area contributed by atoms with E-state index < -0.39 is 9.84 Å². The molecule has 2 N–H and O–H groups in total. The van der Waals surface area contributed by atoms with Crippen LogP contribution in [0, 0.1) is 6.92 Å². The molecule has 1 aliphatic rings. The van der Waals surface area contributed by atoms with Crippen LogP contribution in [0.4, 0.5) is 5.69 Å². The molecule has 1 amide bonds. The zero-order valence-electron chi connectivity index (χ0n) is 16.2. The first-order chi connectivity index (χ1) is 13.8. The van der Waals surface area contributed by atoms with Gasteiger partial charge in [0.15, 0.2) is 9.84 Å². The standard InChI is InChI=1S/C22H20N2O4S/c1-13-21(29(3,26)27)20(14-7-5-4-6-8-14)19(23-13)12-17-16-10-9-15(28-2)11-18(16)24-22(17)25/h4-12,23H,1-3H3,(H,24,25). The SMILES string of the molecule is COc1ccc2c(c1)NC(=O)C2=Cc1[nH]c(C)c(S(C)(=O)=O)c1-c1ccccc1. The van der Waals surface area contributed by atoms with Crippen LogP contribution in [0.25, 0.3) is 22.8 Å². The number of rotatable bonds is 4. The summed E-state index contributed by atoms with van der Waals surface area (Å²) in [5.74, 6) is 0.394. The second-order valence-corrected chi connectivity index (χ2v) is 8.88. The van der Waals surface area contributed by atoms with Gasteiger partial charge in [-0.1, -0.05) is 30.3 Å². The number of carbonyl (C=O) groups is 1. The Labute approximate surface area is 169 Å². The van der Waals surface area contributed by atoms with E-state index in [1.165, 1.54) is 6.26 Å². The highest BCUT2D eigenvalue weighted by atomic mass is 32.2. The number of methoxy groups -OCH3 is 1. The molecule has 1 aromatic heterocycles. The van der Waals surface area contributed by atoms with Crippen LogP contribution in [0.1, 0.15) is 17.0 Å². The first kappa shape index (κ1) is 19.0. The van der Waals surface area contributed by atoms with E-state index in [1.807, 2.05) is 36.4 Å². The van der Waals surface area contributed by atoms with E-state index in [0.717, 1.165) is 11.1 Å². The normalized spacial score (nSPS) is 14.7. The fourth-order valence-electron chi connectivity index (χ4n) is 3.68. The molecule has 4 rings (SSSR count). The lowest BCUT2D eigenvalue weighted by atomic mass is 10.0. The number of carbonyl (C=O) groups excluding carboxylic acids is 1. The number of ether oxygens (including phenoxy) is 1. The largest absolute Gasteiger partial charge is 0.497 e. The van der Waals surface area contributed by atoms with Gasteiger partial charge in [-0.3, -0.25) is 4.79 Å². The highest BCUT2D eigenvalue weighted by Crippen LogP contribution is 2.39. The Bertz CT molecular complexity index is 1260. The van der Waals surface area contributed by atoms with E-state index >= 15 is 0 Å². The maximum atomic E-state index is 12.6. The maximum Gasteiger partial charge on any atom is 0.256 e. The van der Waals surface area contributed by atoms with Crippen molar-refractivity contribution in [1.29, 1.82) is 0 Å². The van der Waals surface area contributed by atoms with Crippen molar-refractivity contribution < 1.29 is 17.9 Å². The lowest BCUT2D eigenvalue weighted by molar-refractivity contribution is -0.110. The minimum atomic E-state index is -3.49. The summed E-state index contributed by atoms with van der Waals surface area (Å²) in [6.45, 7) is 1.72. The lowest BCUT2D eigenvalue weighted by Gasteiger charge is -2.06. The van der Waals surface area contributed by atoms with Gasteiger partial charge in [0.1, 0.15) is 5.75 Å². The fraction of sp³-hybridized carbons (Fsp3) is 0.136. The third-order valence-corrected chi connectivity index (χ3v) is 6.14. The average molecular weight is 408 g/mol. The van der Waals surface area contributed by atoms with Gasteiger partial charge < -0.3 is 15.0 Å². The highest BCUT2D eigenvalue weighted by Gasteiger charge is 2.28. The van der Waals surface area contributed by atoms with Crippen molar-refractivity contribution in [2.24, 2.45) is 0 Å². The predicted molar refractivity (Wildman–Crippen MR) is 114 cm³/mol. The minimum Gasteiger partial charge on any atom is -0.497 e. The van der Waals surface area contributed by atoms with Crippen molar-refractivity contribution in [1.82, 2.24) is 4.98 Å². The van der Waals surface area contributed by atoms with E-state index in [0.29, 0.717) is 34.0 Å². The third-order valence-electron chi connectivity index (χ3n) is 4.89. The quantitative estimate of drug-likeness (QED) is 0.641. The maximum absolute atomic E-state index is 12.6. The number of aromatic amines is 1. The van der Waals surface area contributed by atoms with Crippen LogP contribution >= 0.6 is 0 Å². The van der Waals surface area contributed by atoms with Crippen molar-refractivity contribution in [3.63, 3.8) is 0 Å². The Morgan fingerprint density at radius 1 is 1.07 bits per heavy atom. The summed E-state index contributed by atoms with van der Waals surface area (Å²) in [4.78, 5) is 16.0. The summed E-state index contributed by atoms with van der Waals surface area (Å²) >= 11 is 0. The van der Waals surface area contributed by atoms with Crippen LogP contribution in [0.15, 0.2) is 53.4 Å². The van der Waals surface area contributed by atoms with Gasteiger partial charge in [-0.2, -0.15) is 0 Å². The van der Waals surface area contributed by atoms with Gasteiger partial charge in [0, 0.05) is 34.8 Å². The van der Waals surface area contributed by atoms with Gasteiger partial charge in [0.05, 0.1) is 23.3 Å². The molecular weight excluding hydrogens is 388 g/mol. The highest BCUT2D eigenvalue weighted by molar-refractivity contribution is 7.91. The number of sulfone groups is 1. The van der Waals surface area contributed by atoms with Crippen LogP contribution in [0.5, 0.6) is 5.75 Å². The Hall–Kier alpha value is -3.32. The van der Waals surface area contributed by atoms with Crippen LogP contribution in [0.3, 0.4) is 0 Å². The Kier molecular flexibility index (Phi) is 4.55. The van der Waals surface area contributed by atoms with Gasteiger partial charge >= 0.3 is 0 Å². The molecule has 0 spiro atoms. The Morgan fingerprint density at radius 3 is 2.45 bits per heavy atom. The van der Waals surface area contributed by atoms with Crippen molar-refractivity contribution in [3.05, 3.63) is 65.5 Å². The number of nitrogens with one attached hydrogen (secondary N) is 2. The predicted octanol–water partition coefficient (Wildman–Crippen LogP) is 3.89. The molecule has 0 atom stereocenters. The van der Waals surface area contributed by atoms with Crippen LogP contribution in [-0.4, -0.2) is 32.7 Å². The van der Waals surface area contributed by atoms with E-state index in [-0.39, 0.29) is 10.8 Å². The smallest absolute Gasteiger partial charge is 0.256 e. The number of anilines is 1. The molecule has 2 heterocycles. The topological polar surface area (TPSA) is 88.3 Å². The molecule has 0 fully saturated rings. The van der Waals surface area contributed by atoms with Crippen LogP contribution < -0.4 is 10.1 Å². The zero-order chi connectivity index (χ0) is 20.8. The summed E-state index contributed by atoms with van der Waals surface area (Å²) in [6.07, 6.45) is 2.90. The second kappa shape index (κ2) is 6.93. The molecular formula is C22H20N2O4S. The summed E-state index contributed by atoms with van der Waals surface area (Å²) in [5, 5.41) is 2.83. The summed E-state index contributed by atoms with van der Waals surface area (Å²) < 4.78 is 30.2. The van der Waals surface area contributed by atoms with Gasteiger partial charge in [-0.25, -0.2) is 8.42 Å². The van der Waals surface area contributed by atoms with Crippen molar-refractivity contribution in [2.75, 3.05) is 18.7 Å². The second-order valence-electron chi connectivity index (χ2n) is 6.93. The molecule has 2 aromatic carbocycles. The molecule has 1 aliphatic heterocycles. The lowest BCUT2D eigenvalue weighted by Crippen LogP contribution is -2.03. The molecule has 29 heavy (non-hydrogen) atoms. The molecule has 0 aliphatic carbocycles. The number of aryl methyl sites for hydroxylation is 1.